The van der Waals surface area contributed by atoms with E-state index in [9.17, 15) is 4.79 Å². The van der Waals surface area contributed by atoms with Crippen LogP contribution in [0.2, 0.25) is 0 Å². The average Bonchev–Trinajstić information content (AvgIpc) is 2.53. The fourth-order valence-electron chi connectivity index (χ4n) is 2.50. The van der Waals surface area contributed by atoms with E-state index in [-0.39, 0.29) is 5.91 Å². The van der Waals surface area contributed by atoms with Crippen LogP contribution in [0.3, 0.4) is 0 Å². The van der Waals surface area contributed by atoms with Gasteiger partial charge in [0.2, 0.25) is 5.91 Å². The van der Waals surface area contributed by atoms with E-state index in [2.05, 4.69) is 21.8 Å². The van der Waals surface area contributed by atoms with Gasteiger partial charge >= 0.3 is 0 Å². The molecular formula is C11H18N4O. The topological polar surface area (TPSA) is 47.6 Å². The minimum absolute atomic E-state index is 0.225. The highest BCUT2D eigenvalue weighted by atomic mass is 16.2. The van der Waals surface area contributed by atoms with E-state index in [1.165, 1.54) is 0 Å². The zero-order chi connectivity index (χ0) is 11.1. The number of nitrogens with one attached hydrogen (secondary N) is 2. The number of carbonyl (C=O) groups excluding carboxylic acids is 1. The summed E-state index contributed by atoms with van der Waals surface area (Å²) in [5.74, 6) is 1.94. The summed E-state index contributed by atoms with van der Waals surface area (Å²) in [5.41, 5.74) is 3.49. The molecule has 16 heavy (non-hydrogen) atoms. The Kier molecular flexibility index (Phi) is 2.37. The van der Waals surface area contributed by atoms with Crippen molar-refractivity contribution >= 4 is 5.91 Å². The standard InChI is InChI=1S/C11H18N4O/c1-14-10-5-9(8-6-12-7-8)13-15(10)4-2-3-11(14)16/h5,8-9,12-13H,2-4,6-7H2,1H3. The Hall–Kier alpha value is -1.07. The lowest BCUT2D eigenvalue weighted by molar-refractivity contribution is -0.128. The first-order valence-electron chi connectivity index (χ1n) is 5.98. The number of hydrazine groups is 1. The zero-order valence-corrected chi connectivity index (χ0v) is 9.57. The van der Waals surface area contributed by atoms with E-state index in [1.54, 1.807) is 4.90 Å². The normalized spacial score (nSPS) is 30.9. The van der Waals surface area contributed by atoms with E-state index >= 15 is 0 Å². The summed E-state index contributed by atoms with van der Waals surface area (Å²) in [7, 11) is 1.87. The molecule has 5 heteroatoms. The molecule has 2 saturated heterocycles. The van der Waals surface area contributed by atoms with Gasteiger partial charge in [-0.1, -0.05) is 0 Å². The van der Waals surface area contributed by atoms with Crippen LogP contribution in [-0.4, -0.2) is 48.5 Å². The second-order valence-electron chi connectivity index (χ2n) is 4.81. The molecule has 2 fully saturated rings. The lowest BCUT2D eigenvalue weighted by Gasteiger charge is -2.33. The number of fused-ring (bicyclic) bond motifs is 1. The molecule has 3 aliphatic heterocycles. The van der Waals surface area contributed by atoms with Crippen molar-refractivity contribution in [2.24, 2.45) is 5.92 Å². The van der Waals surface area contributed by atoms with Crippen molar-refractivity contribution in [2.45, 2.75) is 18.9 Å². The van der Waals surface area contributed by atoms with Crippen LogP contribution in [-0.2, 0) is 4.79 Å². The third-order valence-electron chi connectivity index (χ3n) is 3.72. The Bertz CT molecular complexity index is 337. The first-order chi connectivity index (χ1) is 7.75. The number of rotatable bonds is 1. The van der Waals surface area contributed by atoms with Crippen LogP contribution >= 0.6 is 0 Å². The van der Waals surface area contributed by atoms with Crippen molar-refractivity contribution in [2.75, 3.05) is 26.7 Å². The first-order valence-corrected chi connectivity index (χ1v) is 5.98. The molecule has 0 aromatic rings. The van der Waals surface area contributed by atoms with Crippen molar-refractivity contribution in [3.8, 4) is 0 Å². The monoisotopic (exact) mass is 222 g/mol. The second-order valence-corrected chi connectivity index (χ2v) is 4.81. The molecule has 1 atom stereocenters. The lowest BCUT2D eigenvalue weighted by atomic mass is 9.95. The molecule has 0 aromatic heterocycles. The minimum Gasteiger partial charge on any atom is -0.316 e. The highest BCUT2D eigenvalue weighted by Gasteiger charge is 2.35. The third-order valence-corrected chi connectivity index (χ3v) is 3.72. The smallest absolute Gasteiger partial charge is 0.227 e. The Morgan fingerprint density at radius 2 is 2.25 bits per heavy atom. The Morgan fingerprint density at radius 3 is 2.94 bits per heavy atom. The number of nitrogens with zero attached hydrogens (tertiary/aromatic N) is 2. The zero-order valence-electron chi connectivity index (χ0n) is 9.57. The molecule has 3 heterocycles. The van der Waals surface area contributed by atoms with Gasteiger partial charge < -0.3 is 10.2 Å². The molecule has 3 rings (SSSR count). The van der Waals surface area contributed by atoms with Crippen LogP contribution in [0.1, 0.15) is 12.8 Å². The summed E-state index contributed by atoms with van der Waals surface area (Å²) in [6.45, 7) is 3.08. The highest BCUT2D eigenvalue weighted by Crippen LogP contribution is 2.24. The van der Waals surface area contributed by atoms with Crippen LogP contribution in [0.15, 0.2) is 11.9 Å². The molecule has 3 aliphatic rings. The van der Waals surface area contributed by atoms with E-state index in [4.69, 9.17) is 0 Å². The van der Waals surface area contributed by atoms with Crippen molar-refractivity contribution in [3.05, 3.63) is 11.9 Å². The fourth-order valence-corrected chi connectivity index (χ4v) is 2.50. The fraction of sp³-hybridized carbons (Fsp3) is 0.727. The lowest BCUT2D eigenvalue weighted by Crippen LogP contribution is -2.53. The van der Waals surface area contributed by atoms with Gasteiger partial charge in [-0.2, -0.15) is 0 Å². The van der Waals surface area contributed by atoms with Crippen molar-refractivity contribution in [3.63, 3.8) is 0 Å². The van der Waals surface area contributed by atoms with Gasteiger partial charge in [-0.15, -0.1) is 0 Å². The maximum absolute atomic E-state index is 11.7. The first kappa shape index (κ1) is 10.1. The Labute approximate surface area is 95.4 Å². The molecule has 88 valence electrons. The molecule has 0 bridgehead atoms. The molecule has 0 aliphatic carbocycles. The molecule has 1 unspecified atom stereocenters. The largest absolute Gasteiger partial charge is 0.316 e. The molecule has 0 aromatic carbocycles. The molecule has 1 amide bonds. The van der Waals surface area contributed by atoms with E-state index in [1.807, 2.05) is 7.05 Å². The van der Waals surface area contributed by atoms with Crippen molar-refractivity contribution < 1.29 is 4.79 Å². The summed E-state index contributed by atoms with van der Waals surface area (Å²) in [5, 5.41) is 5.42. The van der Waals surface area contributed by atoms with Crippen LogP contribution in [0.4, 0.5) is 0 Å². The van der Waals surface area contributed by atoms with Gasteiger partial charge in [0.25, 0.3) is 0 Å². The number of amides is 1. The van der Waals surface area contributed by atoms with E-state index < -0.39 is 0 Å². The Morgan fingerprint density at radius 1 is 1.44 bits per heavy atom. The van der Waals surface area contributed by atoms with E-state index in [0.717, 1.165) is 31.9 Å². The summed E-state index contributed by atoms with van der Waals surface area (Å²) in [6.07, 6.45) is 3.79. The predicted molar refractivity (Wildman–Crippen MR) is 60.1 cm³/mol. The molecule has 0 radical (unpaired) electrons. The van der Waals surface area contributed by atoms with Crippen molar-refractivity contribution in [1.82, 2.24) is 20.7 Å². The second kappa shape index (κ2) is 3.75. The summed E-state index contributed by atoms with van der Waals surface area (Å²) in [6, 6.07) is 0.393. The van der Waals surface area contributed by atoms with Gasteiger partial charge in [0.15, 0.2) is 0 Å². The minimum atomic E-state index is 0.225. The van der Waals surface area contributed by atoms with Gasteiger partial charge in [0.1, 0.15) is 5.82 Å². The maximum atomic E-state index is 11.7. The van der Waals surface area contributed by atoms with Crippen LogP contribution in [0, 0.1) is 5.92 Å². The van der Waals surface area contributed by atoms with Crippen molar-refractivity contribution in [1.29, 1.82) is 0 Å². The molecular weight excluding hydrogens is 204 g/mol. The van der Waals surface area contributed by atoms with Gasteiger partial charge in [0, 0.05) is 39.0 Å². The van der Waals surface area contributed by atoms with Gasteiger partial charge in [0.05, 0.1) is 6.04 Å². The SMILES string of the molecule is CN1C(=O)CCCN2NC(C3CNC3)C=C21. The maximum Gasteiger partial charge on any atom is 0.227 e. The van der Waals surface area contributed by atoms with Crippen LogP contribution < -0.4 is 10.7 Å². The molecule has 0 saturated carbocycles. The number of hydrogen-bond donors (Lipinski definition) is 2. The molecule has 0 spiro atoms. The predicted octanol–water partition coefficient (Wildman–Crippen LogP) is -0.512. The number of hydrogen-bond acceptors (Lipinski definition) is 4. The van der Waals surface area contributed by atoms with Gasteiger partial charge in [-0.25, -0.2) is 5.43 Å². The van der Waals surface area contributed by atoms with Crippen LogP contribution in [0.5, 0.6) is 0 Å². The summed E-state index contributed by atoms with van der Waals surface area (Å²) in [4.78, 5) is 13.5. The number of carbonyl (C=O) groups is 1. The van der Waals surface area contributed by atoms with E-state index in [0.29, 0.717) is 18.4 Å². The summed E-state index contributed by atoms with van der Waals surface area (Å²) < 4.78 is 0. The Balaban J connectivity index is 1.80. The highest BCUT2D eigenvalue weighted by molar-refractivity contribution is 5.78. The van der Waals surface area contributed by atoms with Gasteiger partial charge in [-0.05, 0) is 12.5 Å². The van der Waals surface area contributed by atoms with Crippen LogP contribution in [0.25, 0.3) is 0 Å². The average molecular weight is 222 g/mol. The third kappa shape index (κ3) is 1.51. The van der Waals surface area contributed by atoms with Gasteiger partial charge in [-0.3, -0.25) is 9.80 Å². The molecule has 2 N–H and O–H groups in total. The quantitative estimate of drug-likeness (QED) is 0.627. The molecule has 5 nitrogen and oxygen atoms in total. The summed E-state index contributed by atoms with van der Waals surface area (Å²) >= 11 is 0.